The fourth-order valence-electron chi connectivity index (χ4n) is 3.76. The first-order chi connectivity index (χ1) is 14.8. The fraction of sp³-hybridized carbons (Fsp3) is 0.524. The van der Waals surface area contributed by atoms with E-state index in [9.17, 15) is 19.2 Å². The fourth-order valence-corrected chi connectivity index (χ4v) is 3.76. The second-order valence-corrected chi connectivity index (χ2v) is 7.75. The lowest BCUT2D eigenvalue weighted by atomic mass is 9.77. The van der Waals surface area contributed by atoms with Crippen molar-refractivity contribution in [2.24, 2.45) is 5.92 Å². The van der Waals surface area contributed by atoms with E-state index in [0.717, 1.165) is 12.8 Å². The monoisotopic (exact) mass is 433 g/mol. The molecule has 1 saturated heterocycles. The molecule has 1 aromatic rings. The number of nitrogens with one attached hydrogen (secondary N) is 2. The van der Waals surface area contributed by atoms with Crippen LogP contribution in [-0.4, -0.2) is 54.7 Å². The Morgan fingerprint density at radius 2 is 1.94 bits per heavy atom. The van der Waals surface area contributed by atoms with Crippen molar-refractivity contribution >= 4 is 23.8 Å². The third-order valence-electron chi connectivity index (χ3n) is 5.56. The number of hydrogen-bond acceptors (Lipinski definition) is 7. The third kappa shape index (κ3) is 4.73. The van der Waals surface area contributed by atoms with Gasteiger partial charge >= 0.3 is 12.0 Å². The summed E-state index contributed by atoms with van der Waals surface area (Å²) >= 11 is 0. The van der Waals surface area contributed by atoms with Crippen LogP contribution in [0.25, 0.3) is 0 Å². The molecule has 0 bridgehead atoms. The zero-order chi connectivity index (χ0) is 22.6. The van der Waals surface area contributed by atoms with Gasteiger partial charge in [-0.25, -0.2) is 9.59 Å². The number of nitrogens with zero attached hydrogens (tertiary/aromatic N) is 1. The van der Waals surface area contributed by atoms with Gasteiger partial charge in [0.25, 0.3) is 11.8 Å². The molecule has 3 rings (SSSR count). The van der Waals surface area contributed by atoms with E-state index >= 15 is 0 Å². The number of amides is 4. The van der Waals surface area contributed by atoms with Gasteiger partial charge in [0.1, 0.15) is 5.54 Å². The molecule has 2 fully saturated rings. The molecule has 1 spiro atoms. The van der Waals surface area contributed by atoms with Crippen molar-refractivity contribution in [3.05, 3.63) is 23.8 Å². The molecule has 0 aromatic heterocycles. The lowest BCUT2D eigenvalue weighted by Crippen LogP contribution is -2.52. The van der Waals surface area contributed by atoms with Gasteiger partial charge in [0.2, 0.25) is 0 Å². The van der Waals surface area contributed by atoms with Crippen LogP contribution in [0.3, 0.4) is 0 Å². The zero-order valence-electron chi connectivity index (χ0n) is 17.9. The Kier molecular flexibility index (Phi) is 6.67. The van der Waals surface area contributed by atoms with E-state index < -0.39 is 36.0 Å². The number of carbonyl (C=O) groups is 4. The molecule has 0 atom stereocenters. The molecule has 2 aliphatic rings. The summed E-state index contributed by atoms with van der Waals surface area (Å²) < 4.78 is 15.6. The highest BCUT2D eigenvalue weighted by Crippen LogP contribution is 2.35. The number of esters is 1. The molecule has 31 heavy (non-hydrogen) atoms. The van der Waals surface area contributed by atoms with E-state index in [1.807, 2.05) is 0 Å². The molecule has 1 aliphatic carbocycles. The minimum absolute atomic E-state index is 0.169. The highest BCUT2D eigenvalue weighted by Gasteiger charge is 2.52. The summed E-state index contributed by atoms with van der Waals surface area (Å²) in [6, 6.07) is 3.80. The summed E-state index contributed by atoms with van der Waals surface area (Å²) in [5.74, 6) is -0.721. The molecule has 1 heterocycles. The van der Waals surface area contributed by atoms with Crippen molar-refractivity contribution in [3.63, 3.8) is 0 Å². The van der Waals surface area contributed by atoms with Crippen molar-refractivity contribution in [1.29, 1.82) is 0 Å². The van der Waals surface area contributed by atoms with Crippen molar-refractivity contribution in [3.8, 4) is 11.5 Å². The molecular weight excluding hydrogens is 406 g/mol. The predicted molar refractivity (Wildman–Crippen MR) is 108 cm³/mol. The first-order valence-electron chi connectivity index (χ1n) is 10.2. The SMILES string of the molecule is CCOc1cc(C(=O)OCC(=O)NN2C(=O)NC3(CCC(C)CC3)C2=O)ccc1OC. The molecule has 1 aromatic carbocycles. The Morgan fingerprint density at radius 3 is 2.58 bits per heavy atom. The molecular formula is C21H27N3O7. The Hall–Kier alpha value is -3.30. The van der Waals surface area contributed by atoms with Gasteiger partial charge in [-0.1, -0.05) is 6.92 Å². The van der Waals surface area contributed by atoms with Crippen LogP contribution in [0.2, 0.25) is 0 Å². The standard InChI is InChI=1S/C21H27N3O7/c1-4-30-16-11-14(5-6-15(16)29-3)18(26)31-12-17(25)23-24-19(27)21(22-20(24)28)9-7-13(2)8-10-21/h5-6,11,13H,4,7-10,12H2,1-3H3,(H,22,28)(H,23,25). The van der Waals surface area contributed by atoms with Gasteiger partial charge in [0.05, 0.1) is 19.3 Å². The normalized spacial score (nSPS) is 22.8. The topological polar surface area (TPSA) is 123 Å². The summed E-state index contributed by atoms with van der Waals surface area (Å²) in [6.07, 6.45) is 2.69. The average molecular weight is 433 g/mol. The molecule has 0 unspecified atom stereocenters. The number of urea groups is 1. The first-order valence-corrected chi connectivity index (χ1v) is 10.2. The Balaban J connectivity index is 1.56. The van der Waals surface area contributed by atoms with Gasteiger partial charge in [-0.05, 0) is 56.7 Å². The van der Waals surface area contributed by atoms with Crippen LogP contribution in [0.1, 0.15) is 49.9 Å². The lowest BCUT2D eigenvalue weighted by Gasteiger charge is -2.33. The number of methoxy groups -OCH3 is 1. The van der Waals surface area contributed by atoms with Gasteiger partial charge < -0.3 is 19.5 Å². The number of hydrazine groups is 1. The Labute approximate surface area is 180 Å². The van der Waals surface area contributed by atoms with E-state index in [2.05, 4.69) is 17.7 Å². The molecule has 4 amide bonds. The average Bonchev–Trinajstić information content (AvgIpc) is 2.98. The Bertz CT molecular complexity index is 878. The van der Waals surface area contributed by atoms with Crippen molar-refractivity contribution in [2.75, 3.05) is 20.3 Å². The van der Waals surface area contributed by atoms with E-state index in [-0.39, 0.29) is 5.56 Å². The van der Waals surface area contributed by atoms with Gasteiger partial charge in [-0.15, -0.1) is 0 Å². The van der Waals surface area contributed by atoms with Crippen LogP contribution in [0.5, 0.6) is 11.5 Å². The third-order valence-corrected chi connectivity index (χ3v) is 5.56. The number of rotatable bonds is 7. The quantitative estimate of drug-likeness (QED) is 0.496. The molecule has 1 aliphatic heterocycles. The van der Waals surface area contributed by atoms with Gasteiger partial charge in [-0.2, -0.15) is 5.01 Å². The Morgan fingerprint density at radius 1 is 1.23 bits per heavy atom. The van der Waals surface area contributed by atoms with Crippen molar-refractivity contribution < 1.29 is 33.4 Å². The molecule has 1 saturated carbocycles. The maximum atomic E-state index is 12.7. The predicted octanol–water partition coefficient (Wildman–Crippen LogP) is 1.78. The summed E-state index contributed by atoms with van der Waals surface area (Å²) in [5, 5.41) is 3.38. The van der Waals surface area contributed by atoms with Crippen LogP contribution < -0.4 is 20.2 Å². The highest BCUT2D eigenvalue weighted by atomic mass is 16.5. The lowest BCUT2D eigenvalue weighted by molar-refractivity contribution is -0.141. The maximum absolute atomic E-state index is 12.7. The minimum Gasteiger partial charge on any atom is -0.493 e. The number of ether oxygens (including phenoxy) is 3. The summed E-state index contributed by atoms with van der Waals surface area (Å²) in [4.78, 5) is 49.5. The number of imide groups is 1. The van der Waals surface area contributed by atoms with E-state index in [0.29, 0.717) is 41.9 Å². The number of carbonyl (C=O) groups excluding carboxylic acids is 4. The van der Waals surface area contributed by atoms with Gasteiger partial charge in [0, 0.05) is 0 Å². The van der Waals surface area contributed by atoms with Crippen LogP contribution in [0, 0.1) is 5.92 Å². The number of hydrogen-bond donors (Lipinski definition) is 2. The second kappa shape index (κ2) is 9.23. The van der Waals surface area contributed by atoms with Crippen LogP contribution in [0.15, 0.2) is 18.2 Å². The largest absolute Gasteiger partial charge is 0.493 e. The maximum Gasteiger partial charge on any atom is 0.344 e. The van der Waals surface area contributed by atoms with E-state index in [4.69, 9.17) is 14.2 Å². The second-order valence-electron chi connectivity index (χ2n) is 7.75. The smallest absolute Gasteiger partial charge is 0.344 e. The van der Waals surface area contributed by atoms with Crippen LogP contribution >= 0.6 is 0 Å². The van der Waals surface area contributed by atoms with Crippen molar-refractivity contribution in [1.82, 2.24) is 15.8 Å². The van der Waals surface area contributed by atoms with Crippen LogP contribution in [-0.2, 0) is 14.3 Å². The minimum atomic E-state index is -0.966. The molecule has 2 N–H and O–H groups in total. The van der Waals surface area contributed by atoms with E-state index in [1.165, 1.54) is 19.2 Å². The first kappa shape index (κ1) is 22.4. The number of benzene rings is 1. The summed E-state index contributed by atoms with van der Waals surface area (Å²) in [6.45, 7) is 3.62. The molecule has 10 heteroatoms. The van der Waals surface area contributed by atoms with E-state index in [1.54, 1.807) is 13.0 Å². The van der Waals surface area contributed by atoms with Gasteiger partial charge in [-0.3, -0.25) is 15.0 Å². The summed E-state index contributed by atoms with van der Waals surface area (Å²) in [5.41, 5.74) is 1.43. The van der Waals surface area contributed by atoms with Crippen molar-refractivity contribution in [2.45, 2.75) is 45.1 Å². The van der Waals surface area contributed by atoms with Crippen LogP contribution in [0.4, 0.5) is 4.79 Å². The zero-order valence-corrected chi connectivity index (χ0v) is 17.9. The van der Waals surface area contributed by atoms with Gasteiger partial charge in [0.15, 0.2) is 18.1 Å². The molecule has 0 radical (unpaired) electrons. The molecule has 168 valence electrons. The molecule has 10 nitrogen and oxygen atoms in total. The summed E-state index contributed by atoms with van der Waals surface area (Å²) in [7, 11) is 1.48. The highest BCUT2D eigenvalue weighted by molar-refractivity contribution is 6.08.